The molecule has 0 saturated heterocycles. The number of alkyl halides is 1. The Balaban J connectivity index is 2.39. The molecule has 1 aromatic heterocycles. The minimum absolute atomic E-state index is 0.0163. The van der Waals surface area contributed by atoms with Crippen molar-refractivity contribution in [2.75, 3.05) is 5.88 Å². The smallest absolute Gasteiger partial charge is 0.187 e. The van der Waals surface area contributed by atoms with Crippen LogP contribution in [0.3, 0.4) is 0 Å². The molecule has 16 heavy (non-hydrogen) atoms. The lowest BCUT2D eigenvalue weighted by molar-refractivity contribution is 0.102. The van der Waals surface area contributed by atoms with Gasteiger partial charge in [-0.25, -0.2) is 0 Å². The van der Waals surface area contributed by atoms with Crippen LogP contribution in [0.2, 0.25) is 5.02 Å². The maximum atomic E-state index is 11.4. The molecule has 1 aromatic carbocycles. The van der Waals surface area contributed by atoms with Crippen LogP contribution >= 0.6 is 34.5 Å². The molecule has 0 aliphatic rings. The lowest BCUT2D eigenvalue weighted by Gasteiger charge is -1.99. The normalized spacial score (nSPS) is 10.4. The largest absolute Gasteiger partial charge is 0.292 e. The van der Waals surface area contributed by atoms with Crippen LogP contribution in [0.1, 0.15) is 9.67 Å². The van der Waals surface area contributed by atoms with Gasteiger partial charge in [0.2, 0.25) is 0 Å². The zero-order chi connectivity index (χ0) is 11.5. The molecule has 1 heterocycles. The van der Waals surface area contributed by atoms with Crippen LogP contribution in [0.5, 0.6) is 0 Å². The van der Waals surface area contributed by atoms with Crippen molar-refractivity contribution >= 4 is 40.3 Å². The summed E-state index contributed by atoms with van der Waals surface area (Å²) in [6.07, 6.45) is 0. The van der Waals surface area contributed by atoms with E-state index >= 15 is 0 Å². The van der Waals surface area contributed by atoms with Crippen molar-refractivity contribution in [2.45, 2.75) is 0 Å². The summed E-state index contributed by atoms with van der Waals surface area (Å²) in [5.41, 5.74) is 0.947. The molecule has 0 fully saturated rings. The molecular weight excluding hydrogens is 263 g/mol. The van der Waals surface area contributed by atoms with Crippen molar-refractivity contribution in [3.05, 3.63) is 46.3 Å². The highest BCUT2D eigenvalue weighted by atomic mass is 35.5. The second-order valence-corrected chi connectivity index (χ2v) is 4.96. The van der Waals surface area contributed by atoms with Gasteiger partial charge in [0.1, 0.15) is 0 Å². The first-order valence-electron chi connectivity index (χ1n) is 4.66. The minimum atomic E-state index is -0.0510. The van der Waals surface area contributed by atoms with E-state index in [-0.39, 0.29) is 11.7 Å². The quantitative estimate of drug-likeness (QED) is 0.593. The van der Waals surface area contributed by atoms with E-state index in [1.54, 1.807) is 6.07 Å². The number of carbonyl (C=O) groups is 1. The van der Waals surface area contributed by atoms with Gasteiger partial charge in [-0.15, -0.1) is 22.9 Å². The van der Waals surface area contributed by atoms with Gasteiger partial charge in [0.05, 0.1) is 10.8 Å². The number of benzene rings is 1. The van der Waals surface area contributed by atoms with Crippen molar-refractivity contribution < 1.29 is 4.79 Å². The van der Waals surface area contributed by atoms with Crippen LogP contribution in [0.25, 0.3) is 10.4 Å². The van der Waals surface area contributed by atoms with Gasteiger partial charge in [0, 0.05) is 15.5 Å². The van der Waals surface area contributed by atoms with E-state index in [2.05, 4.69) is 0 Å². The first kappa shape index (κ1) is 11.6. The molecule has 2 rings (SSSR count). The topological polar surface area (TPSA) is 17.1 Å². The Morgan fingerprint density at radius 2 is 1.94 bits per heavy atom. The number of Topliss-reactive ketones (excluding diaryl/α,β-unsaturated/α-hetero) is 1. The molecule has 0 aliphatic heterocycles. The fourth-order valence-electron chi connectivity index (χ4n) is 1.36. The van der Waals surface area contributed by atoms with Crippen LogP contribution in [-0.4, -0.2) is 11.7 Å². The number of ketones is 1. The van der Waals surface area contributed by atoms with Gasteiger partial charge >= 0.3 is 0 Å². The van der Waals surface area contributed by atoms with Crippen molar-refractivity contribution in [3.8, 4) is 10.4 Å². The Morgan fingerprint density at radius 3 is 2.62 bits per heavy atom. The van der Waals surface area contributed by atoms with Crippen molar-refractivity contribution in [1.29, 1.82) is 0 Å². The summed E-state index contributed by atoms with van der Waals surface area (Å²) >= 11 is 13.0. The van der Waals surface area contributed by atoms with Gasteiger partial charge in [-0.3, -0.25) is 4.79 Å². The molecule has 0 saturated carbocycles. The zero-order valence-electron chi connectivity index (χ0n) is 8.24. The van der Waals surface area contributed by atoms with Crippen molar-refractivity contribution in [2.24, 2.45) is 0 Å². The van der Waals surface area contributed by atoms with E-state index in [9.17, 15) is 4.79 Å². The third-order valence-corrected chi connectivity index (χ3v) is 3.87. The maximum absolute atomic E-state index is 11.4. The number of thiophene rings is 1. The van der Waals surface area contributed by atoms with E-state index in [0.717, 1.165) is 10.4 Å². The fourth-order valence-corrected chi connectivity index (χ4v) is 2.86. The molecule has 0 atom stereocenters. The number of hydrogen-bond donors (Lipinski definition) is 0. The molecule has 0 amide bonds. The summed E-state index contributed by atoms with van der Waals surface area (Å²) in [5, 5.41) is 0.689. The molecule has 82 valence electrons. The lowest BCUT2D eigenvalue weighted by atomic mass is 10.2. The summed E-state index contributed by atoms with van der Waals surface area (Å²) in [6, 6.07) is 11.2. The molecule has 0 bridgehead atoms. The predicted octanol–water partition coefficient (Wildman–Crippen LogP) is 4.49. The third kappa shape index (κ3) is 2.29. The fraction of sp³-hybridized carbons (Fsp3) is 0.0833. The highest BCUT2D eigenvalue weighted by Gasteiger charge is 2.10. The molecular formula is C12H8Cl2OS. The molecule has 1 nitrogen and oxygen atoms in total. The Labute approximate surface area is 108 Å². The van der Waals surface area contributed by atoms with Gasteiger partial charge in [0.25, 0.3) is 0 Å². The minimum Gasteiger partial charge on any atom is -0.292 e. The van der Waals surface area contributed by atoms with Crippen LogP contribution < -0.4 is 0 Å². The zero-order valence-corrected chi connectivity index (χ0v) is 10.6. The molecule has 0 radical (unpaired) electrons. The Morgan fingerprint density at radius 1 is 1.19 bits per heavy atom. The Bertz CT molecular complexity index is 519. The van der Waals surface area contributed by atoms with Crippen LogP contribution in [0.15, 0.2) is 36.4 Å². The van der Waals surface area contributed by atoms with Crippen LogP contribution in [-0.2, 0) is 0 Å². The SMILES string of the molecule is O=C(CCl)c1ccc(-c2ccccc2Cl)s1. The second-order valence-electron chi connectivity index (χ2n) is 3.20. The summed E-state index contributed by atoms with van der Waals surface area (Å²) in [4.78, 5) is 13.0. The van der Waals surface area contributed by atoms with E-state index < -0.39 is 0 Å². The molecule has 4 heteroatoms. The van der Waals surface area contributed by atoms with E-state index in [1.165, 1.54) is 11.3 Å². The average Bonchev–Trinajstić information content (AvgIpc) is 2.78. The first-order chi connectivity index (χ1) is 7.72. The van der Waals surface area contributed by atoms with Gasteiger partial charge in [-0.1, -0.05) is 29.8 Å². The lowest BCUT2D eigenvalue weighted by Crippen LogP contribution is -1.95. The van der Waals surface area contributed by atoms with Crippen LogP contribution in [0.4, 0.5) is 0 Å². The van der Waals surface area contributed by atoms with Crippen molar-refractivity contribution in [1.82, 2.24) is 0 Å². The number of halogens is 2. The van der Waals surface area contributed by atoms with Gasteiger partial charge in [-0.05, 0) is 18.2 Å². The van der Waals surface area contributed by atoms with Crippen LogP contribution in [0, 0.1) is 0 Å². The van der Waals surface area contributed by atoms with E-state index in [4.69, 9.17) is 23.2 Å². The maximum Gasteiger partial charge on any atom is 0.187 e. The number of carbonyl (C=O) groups excluding carboxylic acids is 1. The molecule has 0 N–H and O–H groups in total. The van der Waals surface area contributed by atoms with Gasteiger partial charge in [0.15, 0.2) is 5.78 Å². The van der Waals surface area contributed by atoms with Gasteiger partial charge in [-0.2, -0.15) is 0 Å². The summed E-state index contributed by atoms with van der Waals surface area (Å²) in [5.74, 6) is -0.0346. The molecule has 0 aliphatic carbocycles. The average molecular weight is 271 g/mol. The molecule has 0 unspecified atom stereocenters. The predicted molar refractivity (Wildman–Crippen MR) is 69.8 cm³/mol. The second kappa shape index (κ2) is 5.00. The molecule has 2 aromatic rings. The van der Waals surface area contributed by atoms with Gasteiger partial charge < -0.3 is 0 Å². The first-order valence-corrected chi connectivity index (χ1v) is 6.39. The van der Waals surface area contributed by atoms with E-state index in [0.29, 0.717) is 9.90 Å². The van der Waals surface area contributed by atoms with Crippen molar-refractivity contribution in [3.63, 3.8) is 0 Å². The Kier molecular flexibility index (Phi) is 3.64. The Hall–Kier alpha value is -0.830. The monoisotopic (exact) mass is 270 g/mol. The summed E-state index contributed by atoms with van der Waals surface area (Å²) in [7, 11) is 0. The highest BCUT2D eigenvalue weighted by molar-refractivity contribution is 7.17. The third-order valence-electron chi connectivity index (χ3n) is 2.14. The molecule has 0 spiro atoms. The number of hydrogen-bond acceptors (Lipinski definition) is 2. The number of rotatable bonds is 3. The summed E-state index contributed by atoms with van der Waals surface area (Å²) < 4.78 is 0. The highest BCUT2D eigenvalue weighted by Crippen LogP contribution is 2.33. The summed E-state index contributed by atoms with van der Waals surface area (Å²) in [6.45, 7) is 0. The van der Waals surface area contributed by atoms with E-state index in [1.807, 2.05) is 30.3 Å². The standard InChI is InChI=1S/C12H8Cl2OS/c13-7-10(15)12-6-5-11(16-12)8-3-1-2-4-9(8)14/h1-6H,7H2.